The number of para-hydroxylation sites is 2. The molecule has 0 saturated carbocycles. The standard InChI is InChI=1S/C20H19N.2BrH.Mg/c1-16-13-17(2)15-20(14-16)21(18-9-5-3-6-10-18)19-11-7-4-8-12-19;;;/h3-15H,1-2H3;2*1H;/q;;;+2/p-2. The Hall–Kier alpha value is -0.814. The molecule has 24 heavy (non-hydrogen) atoms. The van der Waals surface area contributed by atoms with Crippen molar-refractivity contribution in [2.75, 3.05) is 4.90 Å². The van der Waals surface area contributed by atoms with Crippen molar-refractivity contribution in [2.24, 2.45) is 0 Å². The normalized spacial score (nSPS) is 9.08. The molecule has 0 heterocycles. The van der Waals surface area contributed by atoms with Crippen LogP contribution in [-0.4, -0.2) is 23.1 Å². The fraction of sp³-hybridized carbons (Fsp3) is 0.100. The molecule has 0 unspecified atom stereocenters. The van der Waals surface area contributed by atoms with Crippen LogP contribution in [0.5, 0.6) is 0 Å². The van der Waals surface area contributed by atoms with Gasteiger partial charge in [0, 0.05) is 17.1 Å². The monoisotopic (exact) mass is 455 g/mol. The first-order valence-electron chi connectivity index (χ1n) is 7.22. The SMILES string of the molecule is Cc1cc(C)cc(N(c2ccccc2)c2ccccc2)c1.[Br-].[Br-].[Mg+2]. The molecule has 120 valence electrons. The Morgan fingerprint density at radius 2 is 0.917 bits per heavy atom. The van der Waals surface area contributed by atoms with Crippen molar-refractivity contribution in [2.45, 2.75) is 13.8 Å². The minimum atomic E-state index is 0. The van der Waals surface area contributed by atoms with Crippen LogP contribution >= 0.6 is 0 Å². The van der Waals surface area contributed by atoms with Gasteiger partial charge in [0.05, 0.1) is 0 Å². The zero-order valence-electron chi connectivity index (χ0n) is 13.9. The number of halogens is 2. The van der Waals surface area contributed by atoms with Gasteiger partial charge in [-0.3, -0.25) is 0 Å². The van der Waals surface area contributed by atoms with Gasteiger partial charge < -0.3 is 38.9 Å². The van der Waals surface area contributed by atoms with Gasteiger partial charge in [-0.25, -0.2) is 0 Å². The maximum Gasteiger partial charge on any atom is 2.00 e. The van der Waals surface area contributed by atoms with Crippen molar-refractivity contribution in [3.8, 4) is 0 Å². The average molecular weight is 457 g/mol. The number of benzene rings is 3. The van der Waals surface area contributed by atoms with E-state index in [1.807, 2.05) is 12.1 Å². The number of hydrogen-bond acceptors (Lipinski definition) is 1. The Labute approximate surface area is 181 Å². The molecule has 3 aromatic carbocycles. The minimum Gasteiger partial charge on any atom is -1.00 e. The van der Waals surface area contributed by atoms with Crippen LogP contribution in [0.2, 0.25) is 0 Å². The third kappa shape index (κ3) is 5.62. The molecule has 3 rings (SSSR count). The van der Waals surface area contributed by atoms with Crippen LogP contribution in [0, 0.1) is 13.8 Å². The van der Waals surface area contributed by atoms with E-state index < -0.39 is 0 Å². The van der Waals surface area contributed by atoms with E-state index in [1.165, 1.54) is 28.2 Å². The summed E-state index contributed by atoms with van der Waals surface area (Å²) in [5, 5.41) is 0. The summed E-state index contributed by atoms with van der Waals surface area (Å²) in [4.78, 5) is 2.29. The summed E-state index contributed by atoms with van der Waals surface area (Å²) in [6.07, 6.45) is 0. The Morgan fingerprint density at radius 3 is 1.29 bits per heavy atom. The first-order valence-corrected chi connectivity index (χ1v) is 7.22. The molecule has 0 aromatic heterocycles. The zero-order chi connectivity index (χ0) is 14.7. The number of aryl methyl sites for hydroxylation is 2. The van der Waals surface area contributed by atoms with E-state index in [1.54, 1.807) is 0 Å². The Morgan fingerprint density at radius 1 is 0.542 bits per heavy atom. The summed E-state index contributed by atoms with van der Waals surface area (Å²) >= 11 is 0. The molecule has 0 atom stereocenters. The van der Waals surface area contributed by atoms with Crippen LogP contribution in [0.1, 0.15) is 11.1 Å². The molecular weight excluding hydrogens is 438 g/mol. The first kappa shape index (κ1) is 23.2. The van der Waals surface area contributed by atoms with Gasteiger partial charge in [0.15, 0.2) is 0 Å². The van der Waals surface area contributed by atoms with Gasteiger partial charge in [-0.1, -0.05) is 42.5 Å². The number of rotatable bonds is 3. The van der Waals surface area contributed by atoms with Crippen molar-refractivity contribution < 1.29 is 34.0 Å². The van der Waals surface area contributed by atoms with E-state index in [-0.39, 0.29) is 57.0 Å². The van der Waals surface area contributed by atoms with Gasteiger partial charge in [-0.15, -0.1) is 0 Å². The fourth-order valence-corrected chi connectivity index (χ4v) is 2.68. The molecule has 0 saturated heterocycles. The summed E-state index contributed by atoms with van der Waals surface area (Å²) in [7, 11) is 0. The van der Waals surface area contributed by atoms with E-state index in [4.69, 9.17) is 0 Å². The van der Waals surface area contributed by atoms with E-state index in [9.17, 15) is 0 Å². The summed E-state index contributed by atoms with van der Waals surface area (Å²) < 4.78 is 0. The topological polar surface area (TPSA) is 3.24 Å². The maximum absolute atomic E-state index is 2.29. The Balaban J connectivity index is 0.00000176. The van der Waals surface area contributed by atoms with Gasteiger partial charge in [0.25, 0.3) is 0 Å². The second kappa shape index (κ2) is 10.9. The van der Waals surface area contributed by atoms with E-state index in [2.05, 4.69) is 85.5 Å². The van der Waals surface area contributed by atoms with Crippen LogP contribution in [0.15, 0.2) is 78.9 Å². The van der Waals surface area contributed by atoms with Crippen LogP contribution in [-0.2, 0) is 0 Å². The molecule has 0 fully saturated rings. The molecule has 0 spiro atoms. The van der Waals surface area contributed by atoms with Crippen molar-refractivity contribution in [3.05, 3.63) is 90.0 Å². The Kier molecular flexibility index (Phi) is 10.6. The van der Waals surface area contributed by atoms with E-state index >= 15 is 0 Å². The van der Waals surface area contributed by atoms with Crippen molar-refractivity contribution in [1.82, 2.24) is 0 Å². The minimum absolute atomic E-state index is 0. The van der Waals surface area contributed by atoms with Crippen LogP contribution < -0.4 is 38.9 Å². The van der Waals surface area contributed by atoms with Crippen molar-refractivity contribution in [3.63, 3.8) is 0 Å². The summed E-state index contributed by atoms with van der Waals surface area (Å²) in [6.45, 7) is 4.29. The van der Waals surface area contributed by atoms with Gasteiger partial charge in [-0.05, 0) is 61.4 Å². The largest absolute Gasteiger partial charge is 2.00 e. The number of hydrogen-bond donors (Lipinski definition) is 0. The predicted octanol–water partition coefficient (Wildman–Crippen LogP) is -0.600. The molecule has 0 aliphatic rings. The smallest absolute Gasteiger partial charge is 1.00 e. The van der Waals surface area contributed by atoms with Crippen molar-refractivity contribution >= 4 is 40.1 Å². The quantitative estimate of drug-likeness (QED) is 0.475. The average Bonchev–Trinajstić information content (AvgIpc) is 2.49. The summed E-state index contributed by atoms with van der Waals surface area (Å²) in [5.41, 5.74) is 6.11. The summed E-state index contributed by atoms with van der Waals surface area (Å²) in [5.74, 6) is 0. The maximum atomic E-state index is 2.29. The predicted molar refractivity (Wildman–Crippen MR) is 96.4 cm³/mol. The Bertz CT molecular complexity index is 673. The molecule has 0 aliphatic heterocycles. The van der Waals surface area contributed by atoms with Gasteiger partial charge in [-0.2, -0.15) is 0 Å². The third-order valence-corrected chi connectivity index (χ3v) is 3.49. The molecule has 0 bridgehead atoms. The number of anilines is 3. The molecule has 4 heteroatoms. The molecule has 0 radical (unpaired) electrons. The van der Waals surface area contributed by atoms with E-state index in [0.29, 0.717) is 0 Å². The van der Waals surface area contributed by atoms with Gasteiger partial charge >= 0.3 is 23.1 Å². The van der Waals surface area contributed by atoms with Crippen molar-refractivity contribution in [1.29, 1.82) is 0 Å². The summed E-state index contributed by atoms with van der Waals surface area (Å²) in [6, 6.07) is 27.6. The molecular formula is C20H19Br2MgN. The first-order chi connectivity index (χ1) is 10.2. The zero-order valence-corrected chi connectivity index (χ0v) is 18.5. The second-order valence-corrected chi connectivity index (χ2v) is 5.35. The molecule has 0 aliphatic carbocycles. The number of nitrogens with zero attached hydrogens (tertiary/aromatic N) is 1. The van der Waals surface area contributed by atoms with Crippen LogP contribution in [0.25, 0.3) is 0 Å². The molecule has 3 aromatic rings. The van der Waals surface area contributed by atoms with Crippen LogP contribution in [0.4, 0.5) is 17.1 Å². The molecule has 0 amide bonds. The third-order valence-electron chi connectivity index (χ3n) is 3.49. The fourth-order valence-electron chi connectivity index (χ4n) is 2.68. The van der Waals surface area contributed by atoms with E-state index in [0.717, 1.165) is 0 Å². The molecule has 1 nitrogen and oxygen atoms in total. The van der Waals surface area contributed by atoms with Gasteiger partial charge in [0.2, 0.25) is 0 Å². The van der Waals surface area contributed by atoms with Gasteiger partial charge in [0.1, 0.15) is 0 Å². The second-order valence-electron chi connectivity index (χ2n) is 5.35. The molecule has 0 N–H and O–H groups in total. The van der Waals surface area contributed by atoms with Crippen LogP contribution in [0.3, 0.4) is 0 Å².